The lowest BCUT2D eigenvalue weighted by molar-refractivity contribution is 0.330. The van der Waals surface area contributed by atoms with Gasteiger partial charge in [0.05, 0.1) is 8.68 Å². The largest absolute Gasteiger partial charge is 0.314 e. The van der Waals surface area contributed by atoms with Gasteiger partial charge < -0.3 is 5.32 Å². The number of sulfonamides is 1. The summed E-state index contributed by atoms with van der Waals surface area (Å²) in [6.45, 7) is 5.05. The van der Waals surface area contributed by atoms with E-state index in [-0.39, 0.29) is 6.04 Å². The molecule has 0 aliphatic heterocycles. The van der Waals surface area contributed by atoms with Crippen LogP contribution in [0, 0.1) is 6.92 Å². The monoisotopic (exact) mass is 394 g/mol. The van der Waals surface area contributed by atoms with E-state index >= 15 is 0 Å². The molecule has 4 nitrogen and oxygen atoms in total. The van der Waals surface area contributed by atoms with Crippen molar-refractivity contribution >= 4 is 37.3 Å². The second-order valence-corrected chi connectivity index (χ2v) is 9.91. The number of rotatable bonds is 6. The first-order valence-electron chi connectivity index (χ1n) is 7.44. The third-order valence-corrected chi connectivity index (χ3v) is 7.19. The molecule has 2 rings (SSSR count). The molecule has 0 radical (unpaired) electrons. The molecule has 1 heterocycles. The van der Waals surface area contributed by atoms with Gasteiger partial charge in [0.2, 0.25) is 10.0 Å². The molecule has 1 aromatic rings. The van der Waals surface area contributed by atoms with Crippen LogP contribution < -0.4 is 10.0 Å². The van der Waals surface area contributed by atoms with Gasteiger partial charge in [-0.2, -0.15) is 0 Å². The van der Waals surface area contributed by atoms with Crippen LogP contribution in [0.2, 0.25) is 0 Å². The first kappa shape index (κ1) is 17.4. The van der Waals surface area contributed by atoms with Crippen molar-refractivity contribution in [1.29, 1.82) is 0 Å². The molecule has 120 valence electrons. The van der Waals surface area contributed by atoms with Gasteiger partial charge in [0.1, 0.15) is 0 Å². The van der Waals surface area contributed by atoms with Gasteiger partial charge >= 0.3 is 0 Å². The predicted molar refractivity (Wildman–Crippen MR) is 91.4 cm³/mol. The SMILES string of the molecule is CCCNC1CCC(NS(=O)(=O)c2cc(Br)sc2C)CC1. The van der Waals surface area contributed by atoms with Gasteiger partial charge in [-0.25, -0.2) is 13.1 Å². The van der Waals surface area contributed by atoms with Crippen molar-refractivity contribution in [3.05, 3.63) is 14.7 Å². The first-order valence-corrected chi connectivity index (χ1v) is 10.5. The Balaban J connectivity index is 1.92. The lowest BCUT2D eigenvalue weighted by Gasteiger charge is -2.29. The number of nitrogens with one attached hydrogen (secondary N) is 2. The maximum Gasteiger partial charge on any atom is 0.241 e. The lowest BCUT2D eigenvalue weighted by atomic mass is 9.92. The molecule has 1 saturated carbocycles. The van der Waals surface area contributed by atoms with Crippen molar-refractivity contribution in [1.82, 2.24) is 10.0 Å². The Morgan fingerprint density at radius 2 is 1.90 bits per heavy atom. The molecule has 0 amide bonds. The van der Waals surface area contributed by atoms with Crippen molar-refractivity contribution < 1.29 is 8.42 Å². The highest BCUT2D eigenvalue weighted by molar-refractivity contribution is 9.11. The molecule has 1 aliphatic rings. The van der Waals surface area contributed by atoms with E-state index < -0.39 is 10.0 Å². The first-order chi connectivity index (χ1) is 9.92. The molecule has 1 aromatic heterocycles. The fourth-order valence-electron chi connectivity index (χ4n) is 2.74. The second kappa shape index (κ2) is 7.55. The molecule has 1 aliphatic carbocycles. The van der Waals surface area contributed by atoms with Crippen molar-refractivity contribution in [2.75, 3.05) is 6.54 Å². The van der Waals surface area contributed by atoms with Crippen molar-refractivity contribution in [3.8, 4) is 0 Å². The van der Waals surface area contributed by atoms with Crippen molar-refractivity contribution in [2.24, 2.45) is 0 Å². The van der Waals surface area contributed by atoms with Crippen LogP contribution in [0.15, 0.2) is 14.7 Å². The van der Waals surface area contributed by atoms with Crippen molar-refractivity contribution in [2.45, 2.75) is 62.9 Å². The van der Waals surface area contributed by atoms with Crippen LogP contribution in [0.1, 0.15) is 43.9 Å². The highest BCUT2D eigenvalue weighted by Gasteiger charge is 2.27. The number of halogens is 1. The molecular formula is C14H23BrN2O2S2. The van der Waals surface area contributed by atoms with Gasteiger partial charge in [-0.05, 0) is 67.6 Å². The van der Waals surface area contributed by atoms with E-state index in [0.29, 0.717) is 10.9 Å². The smallest absolute Gasteiger partial charge is 0.241 e. The van der Waals surface area contributed by atoms with E-state index in [0.717, 1.165) is 47.3 Å². The average Bonchev–Trinajstić information content (AvgIpc) is 2.77. The Bertz CT molecular complexity index is 564. The molecule has 0 spiro atoms. The van der Waals surface area contributed by atoms with E-state index in [4.69, 9.17) is 0 Å². The Morgan fingerprint density at radius 1 is 1.29 bits per heavy atom. The normalized spacial score (nSPS) is 23.4. The minimum Gasteiger partial charge on any atom is -0.314 e. The Labute approximate surface area is 139 Å². The Hall–Kier alpha value is 0.0500. The zero-order valence-corrected chi connectivity index (χ0v) is 15.7. The molecule has 0 aromatic carbocycles. The zero-order chi connectivity index (χ0) is 15.5. The average molecular weight is 395 g/mol. The summed E-state index contributed by atoms with van der Waals surface area (Å²) in [4.78, 5) is 1.23. The maximum absolute atomic E-state index is 12.4. The van der Waals surface area contributed by atoms with Crippen LogP contribution in [0.3, 0.4) is 0 Å². The topological polar surface area (TPSA) is 58.2 Å². The number of hydrogen-bond donors (Lipinski definition) is 2. The number of thiophene rings is 1. The molecule has 1 fully saturated rings. The standard InChI is InChI=1S/C14H23BrN2O2S2/c1-3-8-16-11-4-6-12(7-5-11)17-21(18,19)13-9-14(15)20-10(13)2/h9,11-12,16-17H,3-8H2,1-2H3. The maximum atomic E-state index is 12.4. The highest BCUT2D eigenvalue weighted by Crippen LogP contribution is 2.30. The summed E-state index contributed by atoms with van der Waals surface area (Å²) in [5.41, 5.74) is 0. The third kappa shape index (κ3) is 4.76. The van der Waals surface area contributed by atoms with Crippen molar-refractivity contribution in [3.63, 3.8) is 0 Å². The van der Waals surface area contributed by atoms with E-state index in [1.54, 1.807) is 6.07 Å². The van der Waals surface area contributed by atoms with E-state index in [9.17, 15) is 8.42 Å². The summed E-state index contributed by atoms with van der Waals surface area (Å²) < 4.78 is 28.6. The molecule has 0 unspecified atom stereocenters. The fraction of sp³-hybridized carbons (Fsp3) is 0.714. The van der Waals surface area contributed by atoms with Crippen LogP contribution in [0.25, 0.3) is 0 Å². The van der Waals surface area contributed by atoms with Gasteiger partial charge in [0.15, 0.2) is 0 Å². The van der Waals surface area contributed by atoms with Gasteiger partial charge in [-0.3, -0.25) is 0 Å². The van der Waals surface area contributed by atoms with Crippen LogP contribution in [0.4, 0.5) is 0 Å². The third-order valence-electron chi connectivity index (χ3n) is 3.86. The zero-order valence-electron chi connectivity index (χ0n) is 12.5. The highest BCUT2D eigenvalue weighted by atomic mass is 79.9. The number of hydrogen-bond acceptors (Lipinski definition) is 4. The predicted octanol–water partition coefficient (Wildman–Crippen LogP) is 3.41. The van der Waals surface area contributed by atoms with Crippen LogP contribution in [0.5, 0.6) is 0 Å². The molecule has 21 heavy (non-hydrogen) atoms. The minimum atomic E-state index is -3.39. The summed E-state index contributed by atoms with van der Waals surface area (Å²) in [7, 11) is -3.39. The quantitative estimate of drug-likeness (QED) is 0.776. The minimum absolute atomic E-state index is 0.0627. The van der Waals surface area contributed by atoms with Crippen LogP contribution in [-0.2, 0) is 10.0 Å². The summed E-state index contributed by atoms with van der Waals surface area (Å²) in [5, 5.41) is 3.52. The van der Waals surface area contributed by atoms with Gasteiger partial charge in [-0.15, -0.1) is 11.3 Å². The molecule has 0 saturated heterocycles. The molecule has 7 heteroatoms. The van der Waals surface area contributed by atoms with E-state index in [1.807, 2.05) is 6.92 Å². The van der Waals surface area contributed by atoms with Gasteiger partial charge in [0.25, 0.3) is 0 Å². The molecule has 0 bridgehead atoms. The molecule has 0 atom stereocenters. The van der Waals surface area contributed by atoms with E-state index in [1.165, 1.54) is 11.3 Å². The molecule has 2 N–H and O–H groups in total. The van der Waals surface area contributed by atoms with Gasteiger partial charge in [-0.1, -0.05) is 6.92 Å². The lowest BCUT2D eigenvalue weighted by Crippen LogP contribution is -2.42. The second-order valence-electron chi connectivity index (χ2n) is 5.59. The summed E-state index contributed by atoms with van der Waals surface area (Å²) >= 11 is 4.81. The Kier molecular flexibility index (Phi) is 6.25. The van der Waals surface area contributed by atoms with Crippen LogP contribution >= 0.6 is 27.3 Å². The van der Waals surface area contributed by atoms with E-state index in [2.05, 4.69) is 32.9 Å². The van der Waals surface area contributed by atoms with Gasteiger partial charge in [0, 0.05) is 17.0 Å². The summed E-state index contributed by atoms with van der Waals surface area (Å²) in [6.07, 6.45) is 5.04. The fourth-order valence-corrected chi connectivity index (χ4v) is 6.46. The summed E-state index contributed by atoms with van der Waals surface area (Å²) in [6, 6.07) is 2.30. The molecular weight excluding hydrogens is 372 g/mol. The van der Waals surface area contributed by atoms with Crippen LogP contribution in [-0.4, -0.2) is 27.0 Å². The summed E-state index contributed by atoms with van der Waals surface area (Å²) in [5.74, 6) is 0. The number of aryl methyl sites for hydroxylation is 1. The Morgan fingerprint density at radius 3 is 2.43 bits per heavy atom.